The molecule has 3 aromatic rings. The van der Waals surface area contributed by atoms with E-state index in [1.165, 1.54) is 15.3 Å². The lowest BCUT2D eigenvalue weighted by molar-refractivity contribution is -0.134. The van der Waals surface area contributed by atoms with E-state index in [1.807, 2.05) is 31.2 Å². The number of halogens is 1. The fourth-order valence-corrected chi connectivity index (χ4v) is 7.63. The highest BCUT2D eigenvalue weighted by Gasteiger charge is 2.40. The molecule has 214 valence electrons. The van der Waals surface area contributed by atoms with Crippen LogP contribution in [0.1, 0.15) is 29.7 Å². The molecule has 0 radical (unpaired) electrons. The molecule has 4 rings (SSSR count). The molecule has 1 aromatic heterocycles. The van der Waals surface area contributed by atoms with Gasteiger partial charge in [0, 0.05) is 37.1 Å². The van der Waals surface area contributed by atoms with Crippen molar-refractivity contribution in [1.82, 2.24) is 14.2 Å². The second-order valence-electron chi connectivity index (χ2n) is 9.65. The third kappa shape index (κ3) is 6.37. The van der Waals surface area contributed by atoms with E-state index >= 15 is 0 Å². The van der Waals surface area contributed by atoms with E-state index in [0.29, 0.717) is 16.1 Å². The summed E-state index contributed by atoms with van der Waals surface area (Å²) in [6.07, 6.45) is 4.23. The summed E-state index contributed by atoms with van der Waals surface area (Å²) in [5.41, 5.74) is 9.71. The van der Waals surface area contributed by atoms with Gasteiger partial charge in [-0.25, -0.2) is 8.42 Å². The second kappa shape index (κ2) is 11.9. The van der Waals surface area contributed by atoms with Gasteiger partial charge in [0.15, 0.2) is 0 Å². The average molecular weight is 607 g/mol. The number of piperazine rings is 1. The van der Waals surface area contributed by atoms with Gasteiger partial charge in [0.25, 0.3) is 10.1 Å². The fraction of sp³-hybridized carbons (Fsp3) is 0.333. The maximum absolute atomic E-state index is 14.0. The summed E-state index contributed by atoms with van der Waals surface area (Å²) < 4.78 is 61.2. The van der Waals surface area contributed by atoms with Gasteiger partial charge in [0.2, 0.25) is 15.9 Å². The lowest BCUT2D eigenvalue weighted by Gasteiger charge is -2.41. The summed E-state index contributed by atoms with van der Waals surface area (Å²) in [4.78, 5) is 18.7. The van der Waals surface area contributed by atoms with Gasteiger partial charge in [0.05, 0.1) is 16.7 Å². The molecule has 0 spiro atoms. The quantitative estimate of drug-likeness (QED) is 0.371. The Morgan fingerprint density at radius 3 is 2.58 bits per heavy atom. The SMILES string of the molecule is CCc1cnccc1-c1cccc(C2CN(C(=O)C(N)CS(=O)(=O)O)CCN2S(=O)(=O)c2cccc(Cl)c2C)c1. The third-order valence-electron chi connectivity index (χ3n) is 7.02. The first kappa shape index (κ1) is 30.1. The highest BCUT2D eigenvalue weighted by Crippen LogP contribution is 2.36. The third-order valence-corrected chi connectivity index (χ3v) is 10.3. The van der Waals surface area contributed by atoms with E-state index in [0.717, 1.165) is 23.1 Å². The summed E-state index contributed by atoms with van der Waals surface area (Å²) in [7, 11) is -8.56. The highest BCUT2D eigenvalue weighted by molar-refractivity contribution is 7.89. The molecule has 0 bridgehead atoms. The normalized spacial score (nSPS) is 17.5. The van der Waals surface area contributed by atoms with Crippen LogP contribution in [0.5, 0.6) is 0 Å². The zero-order chi connectivity index (χ0) is 29.2. The predicted molar refractivity (Wildman–Crippen MR) is 153 cm³/mol. The Morgan fingerprint density at radius 2 is 1.88 bits per heavy atom. The predicted octanol–water partition coefficient (Wildman–Crippen LogP) is 3.06. The molecule has 0 saturated carbocycles. The van der Waals surface area contributed by atoms with E-state index in [4.69, 9.17) is 17.3 Å². The molecule has 1 saturated heterocycles. The van der Waals surface area contributed by atoms with Crippen LogP contribution < -0.4 is 5.73 Å². The molecule has 2 heterocycles. The van der Waals surface area contributed by atoms with E-state index in [9.17, 15) is 26.2 Å². The number of rotatable bonds is 8. The summed E-state index contributed by atoms with van der Waals surface area (Å²) in [5, 5.41) is 0.314. The minimum atomic E-state index is -4.49. The number of nitrogens with two attached hydrogens (primary N) is 1. The lowest BCUT2D eigenvalue weighted by Crippen LogP contribution is -2.56. The Hall–Kier alpha value is -2.87. The number of sulfonamides is 1. The summed E-state index contributed by atoms with van der Waals surface area (Å²) in [6, 6.07) is 11.7. The van der Waals surface area contributed by atoms with Gasteiger partial charge >= 0.3 is 0 Å². The molecule has 2 unspecified atom stereocenters. The first-order valence-corrected chi connectivity index (χ1v) is 16.1. The molecular formula is C27H31ClN4O6S2. The average Bonchev–Trinajstić information content (AvgIpc) is 2.92. The number of pyridine rings is 1. The Morgan fingerprint density at radius 1 is 1.15 bits per heavy atom. The number of hydrogen-bond donors (Lipinski definition) is 2. The van der Waals surface area contributed by atoms with Crippen molar-refractivity contribution >= 4 is 37.6 Å². The van der Waals surface area contributed by atoms with Crippen molar-refractivity contribution in [2.45, 2.75) is 37.2 Å². The van der Waals surface area contributed by atoms with Gasteiger partial charge < -0.3 is 10.6 Å². The summed E-state index contributed by atoms with van der Waals surface area (Å²) in [5.74, 6) is -1.63. The van der Waals surface area contributed by atoms with Crippen LogP contribution >= 0.6 is 11.6 Å². The Labute approximate surface area is 239 Å². The zero-order valence-corrected chi connectivity index (χ0v) is 24.5. The van der Waals surface area contributed by atoms with Gasteiger partial charge in [-0.15, -0.1) is 0 Å². The Bertz CT molecular complexity index is 1630. The van der Waals surface area contributed by atoms with E-state index in [2.05, 4.69) is 4.98 Å². The Kier molecular flexibility index (Phi) is 8.98. The van der Waals surface area contributed by atoms with Crippen LogP contribution in [-0.4, -0.2) is 72.9 Å². The van der Waals surface area contributed by atoms with Crippen LogP contribution in [0.4, 0.5) is 0 Å². The van der Waals surface area contributed by atoms with Gasteiger partial charge in [-0.3, -0.25) is 14.3 Å². The van der Waals surface area contributed by atoms with Gasteiger partial charge in [0.1, 0.15) is 6.04 Å². The van der Waals surface area contributed by atoms with Crippen LogP contribution in [0.25, 0.3) is 11.1 Å². The monoisotopic (exact) mass is 606 g/mol. The number of nitrogens with zero attached hydrogens (tertiary/aromatic N) is 3. The topological polar surface area (TPSA) is 151 Å². The van der Waals surface area contributed by atoms with Crippen molar-refractivity contribution in [3.8, 4) is 11.1 Å². The van der Waals surface area contributed by atoms with Crippen LogP contribution in [0, 0.1) is 6.92 Å². The molecule has 2 atom stereocenters. The Balaban J connectivity index is 1.78. The number of amides is 1. The molecule has 40 heavy (non-hydrogen) atoms. The van der Waals surface area contributed by atoms with Crippen LogP contribution in [0.3, 0.4) is 0 Å². The zero-order valence-electron chi connectivity index (χ0n) is 22.1. The number of hydrogen-bond acceptors (Lipinski definition) is 7. The summed E-state index contributed by atoms with van der Waals surface area (Å²) in [6.45, 7) is 3.50. The van der Waals surface area contributed by atoms with Crippen molar-refractivity contribution in [3.05, 3.63) is 82.6 Å². The van der Waals surface area contributed by atoms with E-state index in [-0.39, 0.29) is 24.5 Å². The fourth-order valence-electron chi connectivity index (χ4n) is 4.96. The minimum Gasteiger partial charge on any atom is -0.338 e. The molecular weight excluding hydrogens is 576 g/mol. The molecule has 13 heteroatoms. The maximum Gasteiger partial charge on any atom is 0.266 e. The molecule has 1 amide bonds. The van der Waals surface area contributed by atoms with Gasteiger partial charge in [-0.05, 0) is 65.4 Å². The number of aryl methyl sites for hydroxylation is 1. The van der Waals surface area contributed by atoms with Crippen molar-refractivity contribution in [2.75, 3.05) is 25.4 Å². The molecule has 1 aliphatic rings. The summed E-state index contributed by atoms with van der Waals surface area (Å²) >= 11 is 6.26. The van der Waals surface area contributed by atoms with Crippen LogP contribution in [-0.2, 0) is 31.4 Å². The standard InChI is InChI=1S/C27H31ClN4O6S2/c1-3-19-15-30-11-10-22(19)20-6-4-7-21(14-20)25-16-31(27(33)24(29)17-39(34,35)36)12-13-32(25)40(37,38)26-9-5-8-23(28)18(26)2/h4-11,14-15,24-25H,3,12-13,16-17,29H2,1-2H3,(H,34,35,36). The molecule has 0 aliphatic carbocycles. The van der Waals surface area contributed by atoms with E-state index < -0.39 is 43.9 Å². The molecule has 2 aromatic carbocycles. The number of carbonyl (C=O) groups excluding carboxylic acids is 1. The van der Waals surface area contributed by atoms with Crippen molar-refractivity contribution in [1.29, 1.82) is 0 Å². The highest BCUT2D eigenvalue weighted by atomic mass is 35.5. The number of aromatic nitrogens is 1. The van der Waals surface area contributed by atoms with Crippen LogP contribution in [0.2, 0.25) is 5.02 Å². The second-order valence-corrected chi connectivity index (χ2v) is 13.4. The van der Waals surface area contributed by atoms with Gasteiger partial charge in [-0.1, -0.05) is 42.8 Å². The first-order valence-electron chi connectivity index (χ1n) is 12.6. The van der Waals surface area contributed by atoms with Crippen molar-refractivity contribution in [2.24, 2.45) is 5.73 Å². The van der Waals surface area contributed by atoms with Crippen molar-refractivity contribution in [3.63, 3.8) is 0 Å². The maximum atomic E-state index is 14.0. The largest absolute Gasteiger partial charge is 0.338 e. The smallest absolute Gasteiger partial charge is 0.266 e. The lowest BCUT2D eigenvalue weighted by atomic mass is 9.95. The molecule has 1 aliphatic heterocycles. The molecule has 3 N–H and O–H groups in total. The molecule has 10 nitrogen and oxygen atoms in total. The first-order chi connectivity index (χ1) is 18.8. The molecule has 1 fully saturated rings. The van der Waals surface area contributed by atoms with Crippen molar-refractivity contribution < 1.29 is 26.2 Å². The van der Waals surface area contributed by atoms with E-state index in [1.54, 1.807) is 37.5 Å². The van der Waals surface area contributed by atoms with Gasteiger partial charge in [-0.2, -0.15) is 12.7 Å². The number of carbonyl (C=O) groups is 1. The van der Waals surface area contributed by atoms with Crippen LogP contribution in [0.15, 0.2) is 65.8 Å². The number of benzene rings is 2. The minimum absolute atomic E-state index is 0.0165.